The van der Waals surface area contributed by atoms with E-state index < -0.39 is 206 Å². The second-order valence-electron chi connectivity index (χ2n) is 24.5. The Balaban J connectivity index is 3.63. The number of hydrogen-bond acceptors (Lipinski definition) is 24. The number of amides is 11. The number of carbonyl (C=O) groups is 14. The van der Waals surface area contributed by atoms with Gasteiger partial charge in [-0.15, -0.1) is 0 Å². The average Bonchev–Trinajstić information content (AvgIpc) is 0.853. The fourth-order valence-electron chi connectivity index (χ4n) is 9.85. The first-order valence-corrected chi connectivity index (χ1v) is 36.8. The fraction of sp³-hybridized carbons (Fsp3) is 0.651. The van der Waals surface area contributed by atoms with Crippen LogP contribution in [0.5, 0.6) is 5.75 Å². The fourth-order valence-corrected chi connectivity index (χ4v) is 10.8. The van der Waals surface area contributed by atoms with Crippen LogP contribution in [-0.4, -0.2) is 261 Å². The van der Waals surface area contributed by atoms with E-state index in [-0.39, 0.29) is 101 Å². The Morgan fingerprint density at radius 3 is 1.20 bits per heavy atom. The second kappa shape index (κ2) is 51.7. The Bertz CT molecular complexity index is 3030. The summed E-state index contributed by atoms with van der Waals surface area (Å²) in [5.74, 6) is -16.3. The Labute approximate surface area is 616 Å². The number of aliphatic hydroxyl groups excluding tert-OH is 2. The van der Waals surface area contributed by atoms with Gasteiger partial charge in [-0.25, -0.2) is 4.79 Å². The molecule has 0 aliphatic rings. The first kappa shape index (κ1) is 93.7. The SMILES string of the molecule is CSCC[C@H](NC(=O)[C@@H](NC(=O)[C@H](Cc1ccc(O)cc1)NC(=O)[C@H](CCC(=O)O)NC(=O)[C@H](CCC(=O)O)NC(=O)[C@H](CO)NC(=O)[C@H](CCSC)NC(=O)[C@H](CCCCN)NC(=O)[C@H](CCCNC(=N)N)NC(=O)[C@H](C)NC(=O)[C@H](CCCCN)NC(=O)[C@@H](N)CCCNC(=N)N)[C@@H](C)O)C(=O)O. The van der Waals surface area contributed by atoms with Gasteiger partial charge < -0.3 is 128 Å². The molecule has 1 aromatic carbocycles. The Morgan fingerprint density at radius 1 is 0.438 bits per heavy atom. The summed E-state index contributed by atoms with van der Waals surface area (Å²) in [6, 6.07) is -13.7. The number of aliphatic hydroxyl groups is 2. The van der Waals surface area contributed by atoms with Crippen LogP contribution in [0.1, 0.15) is 122 Å². The summed E-state index contributed by atoms with van der Waals surface area (Å²) in [6.07, 6.45) is -0.144. The lowest BCUT2D eigenvalue weighted by atomic mass is 10.0. The summed E-state index contributed by atoms with van der Waals surface area (Å²) in [7, 11) is 0. The molecule has 0 radical (unpaired) electrons. The van der Waals surface area contributed by atoms with Gasteiger partial charge in [0.25, 0.3) is 0 Å². The van der Waals surface area contributed by atoms with E-state index in [4.69, 9.17) is 39.5 Å². The summed E-state index contributed by atoms with van der Waals surface area (Å²) >= 11 is 2.51. The zero-order chi connectivity index (χ0) is 79.3. The lowest BCUT2D eigenvalue weighted by Gasteiger charge is -2.28. The highest BCUT2D eigenvalue weighted by atomic mass is 32.2. The number of nitrogens with one attached hydrogen (secondary N) is 15. The molecule has 0 heterocycles. The minimum absolute atomic E-state index is 0.0396. The number of aliphatic carboxylic acids is 3. The minimum atomic E-state index is -1.97. The molecular weight excluding hydrogens is 1420 g/mol. The predicted octanol–water partition coefficient (Wildman–Crippen LogP) is -6.91. The molecule has 0 bridgehead atoms. The number of guanidine groups is 2. The molecule has 0 saturated carbocycles. The number of thioether (sulfide) groups is 2. The van der Waals surface area contributed by atoms with E-state index in [1.807, 2.05) is 0 Å². The largest absolute Gasteiger partial charge is 0.508 e. The van der Waals surface area contributed by atoms with Crippen molar-refractivity contribution in [1.29, 1.82) is 10.8 Å². The molecule has 13 atom stereocenters. The van der Waals surface area contributed by atoms with Gasteiger partial charge in [0, 0.05) is 32.4 Å². The monoisotopic (exact) mass is 1530 g/mol. The average molecular weight is 1530 g/mol. The molecule has 11 amide bonds. The van der Waals surface area contributed by atoms with Crippen LogP contribution in [-0.2, 0) is 73.5 Å². The van der Waals surface area contributed by atoms with E-state index in [0.717, 1.165) is 6.92 Å². The number of nitrogens with two attached hydrogens (primary N) is 5. The van der Waals surface area contributed by atoms with Crippen molar-refractivity contribution < 1.29 is 97.8 Å². The molecule has 40 nitrogen and oxygen atoms in total. The molecule has 31 N–H and O–H groups in total. The normalized spacial score (nSPS) is 14.7. The third-order valence-electron chi connectivity index (χ3n) is 15.8. The number of benzene rings is 1. The van der Waals surface area contributed by atoms with E-state index in [1.54, 1.807) is 12.5 Å². The lowest BCUT2D eigenvalue weighted by molar-refractivity contribution is -0.143. The van der Waals surface area contributed by atoms with E-state index >= 15 is 0 Å². The van der Waals surface area contributed by atoms with Crippen molar-refractivity contribution in [2.75, 3.05) is 56.8 Å². The van der Waals surface area contributed by atoms with Crippen LogP contribution >= 0.6 is 23.5 Å². The number of phenols is 1. The standard InChI is InChI=1S/C63H108N20O20S2/c1-33(73-52(93)38(12-5-7-25-64)75-51(92)37(66)11-9-27-71-62(67)68)50(91)74-40(14-10-28-72-63(69)70)54(95)76-39(13-6-8-26-65)53(94)79-43(23-29-104-3)57(98)82-46(32-84)59(100)78-41(19-21-47(87)88)55(96)77-42(20-22-48(89)90)56(97)81-45(31-35-15-17-36(86)18-16-35)58(99)83-49(34(2)85)60(101)80-44(61(102)103)24-30-105-4/h15-18,33-34,37-46,49,84-86H,5-14,19-32,64-66H2,1-4H3,(H,73,93)(H,74,91)(H,75,92)(H,76,95)(H,77,96)(H,78,100)(H,79,94)(H,80,101)(H,81,97)(H,82,98)(H,83,99)(H,87,88)(H,89,90)(H,102,103)(H4,67,68,71)(H4,69,70,72)/t33-,34+,37-,38-,39-,40-,41-,42-,43-,44-,45-,46-,49-/m0/s1. The lowest BCUT2D eigenvalue weighted by Crippen LogP contribution is -2.62. The molecule has 42 heteroatoms. The number of carboxylic acids is 3. The Kier molecular flexibility index (Phi) is 46.2. The molecule has 0 fully saturated rings. The highest BCUT2D eigenvalue weighted by Crippen LogP contribution is 2.15. The van der Waals surface area contributed by atoms with Crippen LogP contribution in [0.15, 0.2) is 24.3 Å². The van der Waals surface area contributed by atoms with E-state index in [1.165, 1.54) is 54.7 Å². The first-order chi connectivity index (χ1) is 49.6. The molecular formula is C63H108N20O20S2. The van der Waals surface area contributed by atoms with E-state index in [9.17, 15) is 97.8 Å². The number of carboxylic acid groups (broad SMARTS) is 3. The molecule has 0 unspecified atom stereocenters. The van der Waals surface area contributed by atoms with Crippen molar-refractivity contribution in [3.8, 4) is 5.75 Å². The zero-order valence-corrected chi connectivity index (χ0v) is 61.0. The Hall–Kier alpha value is -9.36. The van der Waals surface area contributed by atoms with Gasteiger partial charge in [0.2, 0.25) is 65.0 Å². The van der Waals surface area contributed by atoms with Crippen molar-refractivity contribution in [2.45, 2.75) is 202 Å². The first-order valence-electron chi connectivity index (χ1n) is 34.0. The summed E-state index contributed by atoms with van der Waals surface area (Å²) in [5.41, 5.74) is 28.6. The molecule has 0 aromatic heterocycles. The number of aromatic hydroxyl groups is 1. The molecule has 0 saturated heterocycles. The smallest absolute Gasteiger partial charge is 0.326 e. The van der Waals surface area contributed by atoms with Gasteiger partial charge in [0.1, 0.15) is 72.2 Å². The zero-order valence-electron chi connectivity index (χ0n) is 59.4. The van der Waals surface area contributed by atoms with Gasteiger partial charge in [-0.2, -0.15) is 23.5 Å². The van der Waals surface area contributed by atoms with Crippen molar-refractivity contribution in [3.63, 3.8) is 0 Å². The Morgan fingerprint density at radius 2 is 0.790 bits per heavy atom. The molecule has 1 rings (SSSR count). The van der Waals surface area contributed by atoms with Crippen LogP contribution < -0.4 is 97.8 Å². The maximum Gasteiger partial charge on any atom is 0.326 e. The summed E-state index contributed by atoms with van der Waals surface area (Å²) < 4.78 is 0. The van der Waals surface area contributed by atoms with E-state index in [0.29, 0.717) is 31.4 Å². The summed E-state index contributed by atoms with van der Waals surface area (Å²) in [5, 5.41) is 107. The third kappa shape index (κ3) is 38.8. The van der Waals surface area contributed by atoms with E-state index in [2.05, 4.69) is 69.1 Å². The second-order valence-corrected chi connectivity index (χ2v) is 26.4. The molecule has 105 heavy (non-hydrogen) atoms. The number of carbonyl (C=O) groups excluding carboxylic acids is 11. The molecule has 0 spiro atoms. The van der Waals surface area contributed by atoms with Gasteiger partial charge in [-0.3, -0.25) is 73.1 Å². The quantitative estimate of drug-likeness (QED) is 0.0164. The van der Waals surface area contributed by atoms with Crippen LogP contribution in [0.4, 0.5) is 0 Å². The van der Waals surface area contributed by atoms with Gasteiger partial charge >= 0.3 is 17.9 Å². The van der Waals surface area contributed by atoms with Crippen LogP contribution in [0.2, 0.25) is 0 Å². The van der Waals surface area contributed by atoms with Crippen LogP contribution in [0, 0.1) is 10.8 Å². The highest BCUT2D eigenvalue weighted by molar-refractivity contribution is 7.98. The van der Waals surface area contributed by atoms with Crippen molar-refractivity contribution in [2.24, 2.45) is 28.7 Å². The maximum absolute atomic E-state index is 14.4. The summed E-state index contributed by atoms with van der Waals surface area (Å²) in [6.45, 7) is 1.95. The molecule has 592 valence electrons. The van der Waals surface area contributed by atoms with Crippen LogP contribution in [0.3, 0.4) is 0 Å². The number of rotatable bonds is 55. The topological polar surface area (TPSA) is 695 Å². The number of hydrogen-bond donors (Lipinski definition) is 26. The van der Waals surface area contributed by atoms with Crippen molar-refractivity contribution in [1.82, 2.24) is 69.1 Å². The van der Waals surface area contributed by atoms with Crippen LogP contribution in [0.25, 0.3) is 0 Å². The third-order valence-corrected chi connectivity index (χ3v) is 17.1. The van der Waals surface area contributed by atoms with Gasteiger partial charge in [0.05, 0.1) is 18.8 Å². The predicted molar refractivity (Wildman–Crippen MR) is 387 cm³/mol. The van der Waals surface area contributed by atoms with Crippen molar-refractivity contribution in [3.05, 3.63) is 29.8 Å². The van der Waals surface area contributed by atoms with Gasteiger partial charge in [-0.1, -0.05) is 12.1 Å². The molecule has 0 aliphatic heterocycles. The highest BCUT2D eigenvalue weighted by Gasteiger charge is 2.38. The molecule has 0 aliphatic carbocycles. The maximum atomic E-state index is 14.4. The van der Waals surface area contributed by atoms with Gasteiger partial charge in [0.15, 0.2) is 11.9 Å². The van der Waals surface area contributed by atoms with Gasteiger partial charge in [-0.05, 0) is 159 Å². The van der Waals surface area contributed by atoms with Crippen molar-refractivity contribution >= 4 is 118 Å². The summed E-state index contributed by atoms with van der Waals surface area (Å²) in [4.78, 5) is 190. The minimum Gasteiger partial charge on any atom is -0.508 e. The number of unbranched alkanes of at least 4 members (excludes halogenated alkanes) is 2. The molecule has 1 aromatic rings. The number of phenolic OH excluding ortho intramolecular Hbond substituents is 1.